The van der Waals surface area contributed by atoms with Gasteiger partial charge in [0.15, 0.2) is 10.9 Å². The summed E-state index contributed by atoms with van der Waals surface area (Å²) in [6.45, 7) is 1.65. The first-order valence-corrected chi connectivity index (χ1v) is 8.32. The molecule has 3 rings (SSSR count). The zero-order chi connectivity index (χ0) is 18.5. The third-order valence-electron chi connectivity index (χ3n) is 3.69. The largest absolute Gasteiger partial charge is 0.481 e. The van der Waals surface area contributed by atoms with E-state index in [1.807, 2.05) is 30.5 Å². The summed E-state index contributed by atoms with van der Waals surface area (Å²) in [5.74, 6) is 0.182. The van der Waals surface area contributed by atoms with Crippen LogP contribution < -0.4 is 10.1 Å². The highest BCUT2D eigenvalue weighted by Crippen LogP contribution is 2.17. The van der Waals surface area contributed by atoms with Gasteiger partial charge in [0.1, 0.15) is 5.75 Å². The summed E-state index contributed by atoms with van der Waals surface area (Å²) in [7, 11) is 0. The first kappa shape index (κ1) is 17.5. The van der Waals surface area contributed by atoms with Crippen molar-refractivity contribution in [1.82, 2.24) is 9.55 Å². The summed E-state index contributed by atoms with van der Waals surface area (Å²) in [4.78, 5) is 15.3. The van der Waals surface area contributed by atoms with Crippen LogP contribution in [0, 0.1) is 16.1 Å². The second-order valence-corrected chi connectivity index (χ2v) is 5.96. The second-order valence-electron chi connectivity index (χ2n) is 5.57. The number of carbonyl (C=O) groups excluding carboxylic acids is 1. The fourth-order valence-corrected chi connectivity index (χ4v) is 2.63. The van der Waals surface area contributed by atoms with Gasteiger partial charge in [0.25, 0.3) is 5.91 Å². The van der Waals surface area contributed by atoms with Crippen LogP contribution in [0.15, 0.2) is 60.9 Å². The average Bonchev–Trinajstić information content (AvgIpc) is 3.08. The molecule has 0 aliphatic rings. The summed E-state index contributed by atoms with van der Waals surface area (Å²) in [6.07, 6.45) is 2.85. The van der Waals surface area contributed by atoms with Gasteiger partial charge in [-0.3, -0.25) is 9.36 Å². The molecule has 1 heterocycles. The number of aromatic amines is 1. The van der Waals surface area contributed by atoms with Crippen molar-refractivity contribution in [3.63, 3.8) is 0 Å². The van der Waals surface area contributed by atoms with Crippen molar-refractivity contribution in [2.75, 3.05) is 5.32 Å². The van der Waals surface area contributed by atoms with Crippen molar-refractivity contribution >= 4 is 23.8 Å². The fourth-order valence-electron chi connectivity index (χ4n) is 2.40. The molecule has 130 valence electrons. The lowest BCUT2D eigenvalue weighted by Gasteiger charge is -2.15. The van der Waals surface area contributed by atoms with Gasteiger partial charge in [-0.05, 0) is 55.5 Å². The van der Waals surface area contributed by atoms with Gasteiger partial charge >= 0.3 is 0 Å². The lowest BCUT2D eigenvalue weighted by atomic mass is 10.2. The van der Waals surface area contributed by atoms with E-state index in [1.54, 1.807) is 48.0 Å². The Balaban J connectivity index is 1.70. The van der Waals surface area contributed by atoms with Crippen LogP contribution in [0.3, 0.4) is 0 Å². The van der Waals surface area contributed by atoms with E-state index >= 15 is 0 Å². The van der Waals surface area contributed by atoms with Crippen molar-refractivity contribution < 1.29 is 9.53 Å². The second kappa shape index (κ2) is 7.68. The molecule has 7 heteroatoms. The normalized spacial score (nSPS) is 11.4. The topological polar surface area (TPSA) is 82.8 Å². The molecule has 0 saturated heterocycles. The lowest BCUT2D eigenvalue weighted by molar-refractivity contribution is -0.122. The van der Waals surface area contributed by atoms with Crippen LogP contribution in [0.4, 0.5) is 5.69 Å². The maximum absolute atomic E-state index is 12.4. The quantitative estimate of drug-likeness (QED) is 0.674. The number of nitrogens with one attached hydrogen (secondary N) is 2. The van der Waals surface area contributed by atoms with Gasteiger partial charge in [0.05, 0.1) is 11.6 Å². The van der Waals surface area contributed by atoms with Gasteiger partial charge in [0.2, 0.25) is 0 Å². The molecule has 0 aliphatic carbocycles. The molecule has 6 nitrogen and oxygen atoms in total. The molecule has 0 spiro atoms. The number of rotatable bonds is 5. The monoisotopic (exact) mass is 364 g/mol. The first-order valence-electron chi connectivity index (χ1n) is 7.91. The summed E-state index contributed by atoms with van der Waals surface area (Å²) in [5, 5.41) is 11.8. The number of hydrogen-bond acceptors (Lipinski definition) is 4. The molecule has 0 fully saturated rings. The highest BCUT2D eigenvalue weighted by Gasteiger charge is 2.15. The van der Waals surface area contributed by atoms with E-state index in [4.69, 9.17) is 22.2 Å². The SMILES string of the molecule is CC(Oc1cccc(C#N)c1)C(=O)Nc1cccc(-n2cc[nH]c2=S)c1. The van der Waals surface area contributed by atoms with E-state index in [0.29, 0.717) is 21.8 Å². The van der Waals surface area contributed by atoms with Gasteiger partial charge in [-0.15, -0.1) is 0 Å². The van der Waals surface area contributed by atoms with Crippen LogP contribution in [0.25, 0.3) is 5.69 Å². The summed E-state index contributed by atoms with van der Waals surface area (Å²) in [6, 6.07) is 16.1. The predicted octanol–water partition coefficient (Wildman–Crippen LogP) is 3.81. The number of carbonyl (C=O) groups is 1. The number of benzene rings is 2. The van der Waals surface area contributed by atoms with Gasteiger partial charge in [-0.25, -0.2) is 0 Å². The Bertz CT molecular complexity index is 1030. The number of H-pyrrole nitrogens is 1. The Hall–Kier alpha value is -3.37. The Labute approximate surface area is 155 Å². The third kappa shape index (κ3) is 3.99. The Morgan fingerprint density at radius 2 is 2.12 bits per heavy atom. The van der Waals surface area contributed by atoms with E-state index in [2.05, 4.69) is 10.3 Å². The van der Waals surface area contributed by atoms with Crippen LogP contribution in [0.2, 0.25) is 0 Å². The zero-order valence-electron chi connectivity index (χ0n) is 14.0. The molecule has 0 bridgehead atoms. The number of ether oxygens (including phenoxy) is 1. The van der Waals surface area contributed by atoms with Crippen LogP contribution in [0.5, 0.6) is 5.75 Å². The Morgan fingerprint density at radius 1 is 1.31 bits per heavy atom. The molecule has 1 aromatic heterocycles. The number of imidazole rings is 1. The minimum absolute atomic E-state index is 0.290. The van der Waals surface area contributed by atoms with E-state index < -0.39 is 6.10 Å². The molecule has 2 aromatic carbocycles. The highest BCUT2D eigenvalue weighted by molar-refractivity contribution is 7.71. The molecule has 1 atom stereocenters. The average molecular weight is 364 g/mol. The van der Waals surface area contributed by atoms with E-state index in [-0.39, 0.29) is 5.91 Å². The molecule has 0 aliphatic heterocycles. The maximum Gasteiger partial charge on any atom is 0.265 e. The third-order valence-corrected chi connectivity index (χ3v) is 4.00. The smallest absolute Gasteiger partial charge is 0.265 e. The van der Waals surface area contributed by atoms with Crippen LogP contribution >= 0.6 is 12.2 Å². The molecular weight excluding hydrogens is 348 g/mol. The number of nitrogens with zero attached hydrogens (tertiary/aromatic N) is 2. The van der Waals surface area contributed by atoms with E-state index in [1.165, 1.54) is 0 Å². The van der Waals surface area contributed by atoms with E-state index in [9.17, 15) is 4.79 Å². The van der Waals surface area contributed by atoms with Gasteiger partial charge < -0.3 is 15.0 Å². The van der Waals surface area contributed by atoms with Crippen molar-refractivity contribution in [1.29, 1.82) is 5.26 Å². The minimum atomic E-state index is -0.720. The van der Waals surface area contributed by atoms with Crippen molar-refractivity contribution in [2.24, 2.45) is 0 Å². The molecule has 3 aromatic rings. The minimum Gasteiger partial charge on any atom is -0.481 e. The lowest BCUT2D eigenvalue weighted by Crippen LogP contribution is -2.30. The van der Waals surface area contributed by atoms with Crippen LogP contribution in [-0.2, 0) is 4.79 Å². The molecular formula is C19H16N4O2S. The summed E-state index contributed by atoms with van der Waals surface area (Å²) < 4.78 is 8.00. The number of aromatic nitrogens is 2. The van der Waals surface area contributed by atoms with Gasteiger partial charge in [0, 0.05) is 23.8 Å². The Morgan fingerprint density at radius 3 is 2.85 bits per heavy atom. The molecule has 1 amide bonds. The standard InChI is InChI=1S/C19H16N4O2S/c1-13(25-17-7-2-4-14(10-17)12-20)18(24)22-15-5-3-6-16(11-15)23-9-8-21-19(23)26/h2-11,13H,1H3,(H,21,26)(H,22,24). The summed E-state index contributed by atoms with van der Waals surface area (Å²) in [5.41, 5.74) is 1.95. The van der Waals surface area contributed by atoms with Crippen LogP contribution in [0.1, 0.15) is 12.5 Å². The van der Waals surface area contributed by atoms with Crippen molar-refractivity contribution in [3.8, 4) is 17.5 Å². The molecule has 0 radical (unpaired) electrons. The summed E-state index contributed by atoms with van der Waals surface area (Å²) >= 11 is 5.21. The maximum atomic E-state index is 12.4. The highest BCUT2D eigenvalue weighted by atomic mass is 32.1. The molecule has 1 unspecified atom stereocenters. The molecule has 0 saturated carbocycles. The van der Waals surface area contributed by atoms with Crippen molar-refractivity contribution in [3.05, 3.63) is 71.3 Å². The molecule has 26 heavy (non-hydrogen) atoms. The van der Waals surface area contributed by atoms with Gasteiger partial charge in [-0.1, -0.05) is 12.1 Å². The fraction of sp³-hybridized carbons (Fsp3) is 0.105. The first-order chi connectivity index (χ1) is 12.6. The number of nitriles is 1. The number of hydrogen-bond donors (Lipinski definition) is 2. The number of anilines is 1. The van der Waals surface area contributed by atoms with E-state index in [0.717, 1.165) is 5.69 Å². The predicted molar refractivity (Wildman–Crippen MR) is 101 cm³/mol. The Kier molecular flexibility index (Phi) is 5.15. The molecule has 2 N–H and O–H groups in total. The van der Waals surface area contributed by atoms with Crippen molar-refractivity contribution in [2.45, 2.75) is 13.0 Å². The zero-order valence-corrected chi connectivity index (χ0v) is 14.8. The number of amides is 1. The van der Waals surface area contributed by atoms with Gasteiger partial charge in [-0.2, -0.15) is 5.26 Å². The van der Waals surface area contributed by atoms with Crippen LogP contribution in [-0.4, -0.2) is 21.6 Å².